The summed E-state index contributed by atoms with van der Waals surface area (Å²) >= 11 is 0. The summed E-state index contributed by atoms with van der Waals surface area (Å²) in [5, 5.41) is 3.66. The SMILES string of the molecule is CCOC(=O)C1(NCC2CC2)CCCCC1C(C)(C)C. The van der Waals surface area contributed by atoms with Crippen LogP contribution in [0.3, 0.4) is 0 Å². The Morgan fingerprint density at radius 1 is 1.25 bits per heavy atom. The molecule has 2 unspecified atom stereocenters. The summed E-state index contributed by atoms with van der Waals surface area (Å²) in [6, 6.07) is 0. The van der Waals surface area contributed by atoms with E-state index in [1.165, 1.54) is 19.3 Å². The minimum absolute atomic E-state index is 0.0136. The van der Waals surface area contributed by atoms with Crippen LogP contribution in [0.5, 0.6) is 0 Å². The summed E-state index contributed by atoms with van der Waals surface area (Å²) in [6.45, 7) is 10.1. The lowest BCUT2D eigenvalue weighted by molar-refractivity contribution is -0.159. The quantitative estimate of drug-likeness (QED) is 0.784. The molecule has 0 aromatic heterocycles. The number of rotatable bonds is 5. The molecule has 2 aliphatic rings. The van der Waals surface area contributed by atoms with E-state index in [2.05, 4.69) is 26.1 Å². The number of esters is 1. The lowest BCUT2D eigenvalue weighted by Gasteiger charge is -2.48. The van der Waals surface area contributed by atoms with Gasteiger partial charge < -0.3 is 10.1 Å². The normalized spacial score (nSPS) is 31.1. The highest BCUT2D eigenvalue weighted by Crippen LogP contribution is 2.45. The molecule has 0 aromatic carbocycles. The van der Waals surface area contributed by atoms with Crippen molar-refractivity contribution >= 4 is 5.97 Å². The molecule has 0 spiro atoms. The molecular formula is C17H31NO2. The Balaban J connectivity index is 2.22. The highest BCUT2D eigenvalue weighted by atomic mass is 16.5. The number of carbonyl (C=O) groups excluding carboxylic acids is 1. The van der Waals surface area contributed by atoms with E-state index in [0.29, 0.717) is 12.5 Å². The van der Waals surface area contributed by atoms with Gasteiger partial charge in [0.05, 0.1) is 6.61 Å². The molecule has 0 heterocycles. The maximum Gasteiger partial charge on any atom is 0.326 e. The molecule has 0 aliphatic heterocycles. The molecule has 2 rings (SSSR count). The molecule has 0 aromatic rings. The Kier molecular flexibility index (Phi) is 4.78. The van der Waals surface area contributed by atoms with Crippen molar-refractivity contribution in [1.29, 1.82) is 0 Å². The average molecular weight is 281 g/mol. The largest absolute Gasteiger partial charge is 0.465 e. The zero-order valence-electron chi connectivity index (χ0n) is 13.6. The van der Waals surface area contributed by atoms with Gasteiger partial charge in [-0.25, -0.2) is 0 Å². The van der Waals surface area contributed by atoms with E-state index in [-0.39, 0.29) is 11.4 Å². The first-order valence-corrected chi connectivity index (χ1v) is 8.32. The minimum atomic E-state index is -0.449. The monoisotopic (exact) mass is 281 g/mol. The van der Waals surface area contributed by atoms with Gasteiger partial charge in [-0.2, -0.15) is 0 Å². The molecule has 2 fully saturated rings. The standard InChI is InChI=1S/C17H31NO2/c1-5-20-15(19)17(18-12-13-9-10-13)11-7-6-8-14(17)16(2,3)4/h13-14,18H,5-12H2,1-4H3. The zero-order chi connectivity index (χ0) is 14.8. The maximum absolute atomic E-state index is 12.7. The first kappa shape index (κ1) is 15.8. The van der Waals surface area contributed by atoms with Gasteiger partial charge in [-0.15, -0.1) is 0 Å². The van der Waals surface area contributed by atoms with Gasteiger partial charge >= 0.3 is 5.97 Å². The number of hydrogen-bond acceptors (Lipinski definition) is 3. The van der Waals surface area contributed by atoms with E-state index in [0.717, 1.165) is 31.7 Å². The zero-order valence-corrected chi connectivity index (χ0v) is 13.6. The van der Waals surface area contributed by atoms with Crippen LogP contribution in [0.1, 0.15) is 66.2 Å². The van der Waals surface area contributed by atoms with Gasteiger partial charge in [-0.3, -0.25) is 4.79 Å². The summed E-state index contributed by atoms with van der Waals surface area (Å²) in [4.78, 5) is 12.7. The second-order valence-corrected chi connectivity index (χ2v) is 7.68. The molecule has 0 bridgehead atoms. The van der Waals surface area contributed by atoms with Crippen molar-refractivity contribution in [1.82, 2.24) is 5.32 Å². The van der Waals surface area contributed by atoms with Gasteiger partial charge in [0.1, 0.15) is 5.54 Å². The van der Waals surface area contributed by atoms with E-state index >= 15 is 0 Å². The fraction of sp³-hybridized carbons (Fsp3) is 0.941. The van der Waals surface area contributed by atoms with Gasteiger partial charge in [0.2, 0.25) is 0 Å². The van der Waals surface area contributed by atoms with E-state index in [4.69, 9.17) is 4.74 Å². The van der Waals surface area contributed by atoms with E-state index in [1.54, 1.807) is 0 Å². The van der Waals surface area contributed by atoms with E-state index < -0.39 is 5.54 Å². The predicted molar refractivity (Wildman–Crippen MR) is 81.5 cm³/mol. The number of carbonyl (C=O) groups is 1. The van der Waals surface area contributed by atoms with E-state index in [9.17, 15) is 4.79 Å². The van der Waals surface area contributed by atoms with Crippen molar-refractivity contribution in [3.8, 4) is 0 Å². The molecular weight excluding hydrogens is 250 g/mol. The summed E-state index contributed by atoms with van der Waals surface area (Å²) in [5.74, 6) is 1.13. The van der Waals surface area contributed by atoms with Gasteiger partial charge in [0, 0.05) is 0 Å². The smallest absolute Gasteiger partial charge is 0.326 e. The van der Waals surface area contributed by atoms with Crippen molar-refractivity contribution < 1.29 is 9.53 Å². The van der Waals surface area contributed by atoms with Crippen LogP contribution in [-0.4, -0.2) is 24.7 Å². The van der Waals surface area contributed by atoms with Crippen LogP contribution in [0.4, 0.5) is 0 Å². The molecule has 2 atom stereocenters. The third-order valence-electron chi connectivity index (χ3n) is 5.00. The van der Waals surface area contributed by atoms with Gasteiger partial charge in [-0.05, 0) is 56.4 Å². The summed E-state index contributed by atoms with van der Waals surface area (Å²) in [5.41, 5.74) is -0.321. The first-order chi connectivity index (χ1) is 9.40. The molecule has 0 saturated heterocycles. The third-order valence-corrected chi connectivity index (χ3v) is 5.00. The minimum Gasteiger partial charge on any atom is -0.465 e. The Bertz CT molecular complexity index is 343. The molecule has 0 radical (unpaired) electrons. The van der Waals surface area contributed by atoms with Crippen molar-refractivity contribution in [2.75, 3.05) is 13.2 Å². The number of ether oxygens (including phenoxy) is 1. The maximum atomic E-state index is 12.7. The summed E-state index contributed by atoms with van der Waals surface area (Å²) in [7, 11) is 0. The van der Waals surface area contributed by atoms with Crippen LogP contribution >= 0.6 is 0 Å². The molecule has 20 heavy (non-hydrogen) atoms. The van der Waals surface area contributed by atoms with Crippen LogP contribution in [0.25, 0.3) is 0 Å². The number of hydrogen-bond donors (Lipinski definition) is 1. The molecule has 3 heteroatoms. The molecule has 0 amide bonds. The lowest BCUT2D eigenvalue weighted by atomic mass is 9.62. The fourth-order valence-corrected chi connectivity index (χ4v) is 3.78. The Morgan fingerprint density at radius 3 is 2.50 bits per heavy atom. The number of nitrogens with one attached hydrogen (secondary N) is 1. The first-order valence-electron chi connectivity index (χ1n) is 8.32. The predicted octanol–water partition coefficient (Wildman–Crippen LogP) is 3.52. The molecule has 2 saturated carbocycles. The Hall–Kier alpha value is -0.570. The van der Waals surface area contributed by atoms with Crippen molar-refractivity contribution in [2.24, 2.45) is 17.3 Å². The van der Waals surface area contributed by atoms with Crippen LogP contribution in [-0.2, 0) is 9.53 Å². The fourth-order valence-electron chi connectivity index (χ4n) is 3.78. The van der Waals surface area contributed by atoms with Gasteiger partial charge in [0.25, 0.3) is 0 Å². The van der Waals surface area contributed by atoms with Crippen LogP contribution in [0.2, 0.25) is 0 Å². The highest BCUT2D eigenvalue weighted by Gasteiger charge is 2.52. The molecule has 116 valence electrons. The van der Waals surface area contributed by atoms with Crippen LogP contribution in [0, 0.1) is 17.3 Å². The molecule has 1 N–H and O–H groups in total. The van der Waals surface area contributed by atoms with Gasteiger partial charge in [0.15, 0.2) is 0 Å². The highest BCUT2D eigenvalue weighted by molar-refractivity contribution is 5.81. The summed E-state index contributed by atoms with van der Waals surface area (Å²) in [6.07, 6.45) is 7.04. The van der Waals surface area contributed by atoms with Crippen molar-refractivity contribution in [3.05, 3.63) is 0 Å². The second-order valence-electron chi connectivity index (χ2n) is 7.68. The van der Waals surface area contributed by atoms with Crippen LogP contribution in [0.15, 0.2) is 0 Å². The topological polar surface area (TPSA) is 38.3 Å². The van der Waals surface area contributed by atoms with E-state index in [1.807, 2.05) is 6.92 Å². The third kappa shape index (κ3) is 3.36. The van der Waals surface area contributed by atoms with Crippen molar-refractivity contribution in [3.63, 3.8) is 0 Å². The lowest BCUT2D eigenvalue weighted by Crippen LogP contribution is -2.62. The Morgan fingerprint density at radius 2 is 1.95 bits per heavy atom. The second kappa shape index (κ2) is 6.05. The van der Waals surface area contributed by atoms with Crippen LogP contribution < -0.4 is 5.32 Å². The Labute approximate surface area is 123 Å². The van der Waals surface area contributed by atoms with Gasteiger partial charge in [-0.1, -0.05) is 33.6 Å². The average Bonchev–Trinajstić information content (AvgIpc) is 3.20. The molecule has 2 aliphatic carbocycles. The summed E-state index contributed by atoms with van der Waals surface area (Å²) < 4.78 is 5.46. The molecule has 3 nitrogen and oxygen atoms in total. The van der Waals surface area contributed by atoms with Crippen molar-refractivity contribution in [2.45, 2.75) is 71.8 Å².